The average Bonchev–Trinajstić information content (AvgIpc) is 3.10. The zero-order valence-corrected chi connectivity index (χ0v) is 17.0. The Kier molecular flexibility index (Phi) is 5.52. The first-order valence-corrected chi connectivity index (χ1v) is 9.99. The largest absolute Gasteiger partial charge is 0.455 e. The van der Waals surface area contributed by atoms with Crippen molar-refractivity contribution in [3.63, 3.8) is 0 Å². The van der Waals surface area contributed by atoms with Crippen molar-refractivity contribution in [2.75, 3.05) is 11.9 Å². The number of carbonyl (C=O) groups is 2. The Morgan fingerprint density at radius 1 is 1.13 bits per heavy atom. The topological polar surface area (TPSA) is 92.9 Å². The molecule has 0 unspecified atom stereocenters. The lowest BCUT2D eigenvalue weighted by molar-refractivity contribution is 0.0994. The number of nitrogens with zero attached hydrogens (tertiary/aromatic N) is 1. The molecule has 0 bridgehead atoms. The Labute approximate surface area is 174 Å². The van der Waals surface area contributed by atoms with Crippen LogP contribution in [-0.4, -0.2) is 24.3 Å². The summed E-state index contributed by atoms with van der Waals surface area (Å²) in [4.78, 5) is 24.6. The number of ether oxygens (including phenoxy) is 1. The van der Waals surface area contributed by atoms with Crippen molar-refractivity contribution in [3.05, 3.63) is 65.1 Å². The first-order chi connectivity index (χ1) is 14.6. The van der Waals surface area contributed by atoms with Crippen molar-refractivity contribution in [1.82, 2.24) is 5.43 Å². The minimum atomic E-state index is -0.604. The van der Waals surface area contributed by atoms with Crippen LogP contribution in [-0.2, 0) is 11.2 Å². The Balaban J connectivity index is 1.62. The van der Waals surface area contributed by atoms with Gasteiger partial charge in [0.25, 0.3) is 5.91 Å². The minimum absolute atomic E-state index is 0.263. The molecule has 3 aromatic rings. The van der Waals surface area contributed by atoms with E-state index in [4.69, 9.17) is 9.15 Å². The fourth-order valence-electron chi connectivity index (χ4n) is 3.79. The molecule has 2 amide bonds. The van der Waals surface area contributed by atoms with Gasteiger partial charge in [0, 0.05) is 28.6 Å². The smallest absolute Gasteiger partial charge is 0.427 e. The number of hydrogen-bond acceptors (Lipinski definition) is 5. The molecule has 1 heterocycles. The summed E-state index contributed by atoms with van der Waals surface area (Å²) < 4.78 is 10.8. The number of anilines is 1. The van der Waals surface area contributed by atoms with Gasteiger partial charge in [-0.15, -0.1) is 0 Å². The van der Waals surface area contributed by atoms with Gasteiger partial charge in [0.05, 0.1) is 12.3 Å². The van der Waals surface area contributed by atoms with Gasteiger partial charge >= 0.3 is 6.09 Å². The molecule has 2 N–H and O–H groups in total. The highest BCUT2D eigenvalue weighted by Crippen LogP contribution is 2.31. The summed E-state index contributed by atoms with van der Waals surface area (Å²) in [5, 5.41) is 9.18. The molecular formula is C23H23N3O4. The highest BCUT2D eigenvalue weighted by atomic mass is 16.5. The predicted molar refractivity (Wildman–Crippen MR) is 115 cm³/mol. The minimum Gasteiger partial charge on any atom is -0.455 e. The van der Waals surface area contributed by atoms with Crippen molar-refractivity contribution in [1.29, 1.82) is 0 Å². The summed E-state index contributed by atoms with van der Waals surface area (Å²) in [5.74, 6) is 0.667. The Morgan fingerprint density at radius 2 is 1.93 bits per heavy atom. The molecule has 1 aliphatic carbocycles. The maximum Gasteiger partial charge on any atom is 0.427 e. The summed E-state index contributed by atoms with van der Waals surface area (Å²) in [6.45, 7) is 3.84. The molecule has 4 rings (SSSR count). The first-order valence-electron chi connectivity index (χ1n) is 9.99. The van der Waals surface area contributed by atoms with Crippen molar-refractivity contribution in [2.45, 2.75) is 33.1 Å². The number of furan rings is 1. The molecule has 7 heteroatoms. The predicted octanol–water partition coefficient (Wildman–Crippen LogP) is 4.78. The normalized spacial score (nSPS) is 14.4. The lowest BCUT2D eigenvalue weighted by Crippen LogP contribution is -2.22. The van der Waals surface area contributed by atoms with E-state index in [0.29, 0.717) is 23.5 Å². The average molecular weight is 405 g/mol. The van der Waals surface area contributed by atoms with Crippen LogP contribution in [0.1, 0.15) is 47.2 Å². The number of hydrogen-bond donors (Lipinski definition) is 2. The summed E-state index contributed by atoms with van der Waals surface area (Å²) >= 11 is 0. The van der Waals surface area contributed by atoms with Crippen LogP contribution in [0.15, 0.2) is 52.0 Å². The maximum absolute atomic E-state index is 13.0. The van der Waals surface area contributed by atoms with Gasteiger partial charge in [-0.2, -0.15) is 5.10 Å². The van der Waals surface area contributed by atoms with Crippen LogP contribution in [0, 0.1) is 6.92 Å². The molecule has 0 spiro atoms. The number of amides is 2. The molecular weight excluding hydrogens is 382 g/mol. The van der Waals surface area contributed by atoms with E-state index in [-0.39, 0.29) is 18.3 Å². The van der Waals surface area contributed by atoms with Crippen LogP contribution in [0.4, 0.5) is 10.5 Å². The molecule has 0 saturated heterocycles. The van der Waals surface area contributed by atoms with Crippen molar-refractivity contribution >= 4 is 34.2 Å². The van der Waals surface area contributed by atoms with Crippen LogP contribution < -0.4 is 10.7 Å². The summed E-state index contributed by atoms with van der Waals surface area (Å²) in [6, 6.07) is 13.6. The fraction of sp³-hybridized carbons (Fsp3) is 0.261. The van der Waals surface area contributed by atoms with E-state index >= 15 is 0 Å². The fourth-order valence-corrected chi connectivity index (χ4v) is 3.79. The van der Waals surface area contributed by atoms with E-state index in [1.807, 2.05) is 49.4 Å². The van der Waals surface area contributed by atoms with Gasteiger partial charge in [-0.1, -0.05) is 36.4 Å². The third-order valence-electron chi connectivity index (χ3n) is 5.13. The standard InChI is InChI=1S/C23H23N3O4/c1-3-29-23(28)26-25-18-12-7-13-19-20(18)14(2)21(30-19)22(27)24-17-11-6-9-15-8-4-5-10-16(15)17/h4-6,8-11H,3,7,12-13H2,1-2H3,(H,24,27)(H,26,28)/b25-18+. The van der Waals surface area contributed by atoms with Crippen molar-refractivity contribution in [2.24, 2.45) is 5.10 Å². The lowest BCUT2D eigenvalue weighted by Gasteiger charge is -2.13. The van der Waals surface area contributed by atoms with Crippen LogP contribution in [0.2, 0.25) is 0 Å². The van der Waals surface area contributed by atoms with E-state index in [1.54, 1.807) is 6.92 Å². The first kappa shape index (κ1) is 19.7. The SMILES string of the molecule is CCOC(=O)N/N=C1\CCCc2oc(C(=O)Nc3cccc4ccccc34)c(C)c21. The molecule has 30 heavy (non-hydrogen) atoms. The number of aryl methyl sites for hydroxylation is 1. The molecule has 0 atom stereocenters. The van der Waals surface area contributed by atoms with Crippen LogP contribution in [0.5, 0.6) is 0 Å². The molecule has 0 saturated carbocycles. The molecule has 0 radical (unpaired) electrons. The summed E-state index contributed by atoms with van der Waals surface area (Å²) in [5.41, 5.74) is 5.33. The summed E-state index contributed by atoms with van der Waals surface area (Å²) in [7, 11) is 0. The maximum atomic E-state index is 13.0. The molecule has 2 aromatic carbocycles. The second-order valence-electron chi connectivity index (χ2n) is 7.08. The zero-order chi connectivity index (χ0) is 21.1. The van der Waals surface area contributed by atoms with Gasteiger partial charge < -0.3 is 14.5 Å². The molecule has 0 fully saturated rings. The van der Waals surface area contributed by atoms with Gasteiger partial charge in [0.2, 0.25) is 0 Å². The summed E-state index contributed by atoms with van der Waals surface area (Å²) in [6.07, 6.45) is 1.63. The molecule has 0 aliphatic heterocycles. The number of carbonyl (C=O) groups excluding carboxylic acids is 2. The lowest BCUT2D eigenvalue weighted by atomic mass is 9.93. The van der Waals surface area contributed by atoms with Gasteiger partial charge in [-0.25, -0.2) is 10.2 Å². The Morgan fingerprint density at radius 3 is 2.77 bits per heavy atom. The third kappa shape index (κ3) is 3.78. The van der Waals surface area contributed by atoms with Gasteiger partial charge in [-0.05, 0) is 38.1 Å². The highest BCUT2D eigenvalue weighted by Gasteiger charge is 2.28. The second-order valence-corrected chi connectivity index (χ2v) is 7.08. The van der Waals surface area contributed by atoms with Crippen LogP contribution in [0.25, 0.3) is 10.8 Å². The van der Waals surface area contributed by atoms with E-state index in [9.17, 15) is 9.59 Å². The third-order valence-corrected chi connectivity index (χ3v) is 5.13. The second kappa shape index (κ2) is 8.41. The van der Waals surface area contributed by atoms with E-state index in [0.717, 1.165) is 34.9 Å². The number of fused-ring (bicyclic) bond motifs is 2. The van der Waals surface area contributed by atoms with Crippen LogP contribution in [0.3, 0.4) is 0 Å². The Hall–Kier alpha value is -3.61. The van der Waals surface area contributed by atoms with Crippen molar-refractivity contribution in [3.8, 4) is 0 Å². The number of rotatable bonds is 4. The van der Waals surface area contributed by atoms with Crippen LogP contribution >= 0.6 is 0 Å². The quantitative estimate of drug-likeness (QED) is 0.611. The monoisotopic (exact) mass is 405 g/mol. The van der Waals surface area contributed by atoms with E-state index in [1.165, 1.54) is 0 Å². The van der Waals surface area contributed by atoms with Gasteiger partial charge in [0.1, 0.15) is 5.76 Å². The zero-order valence-electron chi connectivity index (χ0n) is 17.0. The van der Waals surface area contributed by atoms with E-state index in [2.05, 4.69) is 15.8 Å². The Bertz CT molecular complexity index is 1140. The van der Waals surface area contributed by atoms with Gasteiger partial charge in [0.15, 0.2) is 5.76 Å². The molecule has 154 valence electrons. The number of benzene rings is 2. The van der Waals surface area contributed by atoms with Gasteiger partial charge in [-0.3, -0.25) is 4.79 Å². The molecule has 1 aromatic heterocycles. The highest BCUT2D eigenvalue weighted by molar-refractivity contribution is 6.11. The number of nitrogens with one attached hydrogen (secondary N) is 2. The van der Waals surface area contributed by atoms with Crippen molar-refractivity contribution < 1.29 is 18.7 Å². The molecule has 1 aliphatic rings. The number of hydrazone groups is 1. The van der Waals surface area contributed by atoms with E-state index < -0.39 is 6.09 Å². The molecule has 7 nitrogen and oxygen atoms in total.